The van der Waals surface area contributed by atoms with Crippen molar-refractivity contribution in [2.45, 2.75) is 78.6 Å². The first-order chi connectivity index (χ1) is 16.2. The maximum absolute atomic E-state index is 12.9. The fourth-order valence-corrected chi connectivity index (χ4v) is 3.79. The van der Waals surface area contributed by atoms with Crippen LogP contribution >= 0.6 is 0 Å². The molecule has 192 valence electrons. The van der Waals surface area contributed by atoms with Crippen LogP contribution in [0.15, 0.2) is 12.1 Å². The Balaban J connectivity index is 1.87. The lowest BCUT2D eigenvalue weighted by atomic mass is 10.1. The summed E-state index contributed by atoms with van der Waals surface area (Å²) in [4.78, 5) is 43.8. The Morgan fingerprint density at radius 2 is 1.51 bits per heavy atom. The minimum absolute atomic E-state index is 0.211. The lowest BCUT2D eigenvalue weighted by molar-refractivity contribution is 0.0126. The van der Waals surface area contributed by atoms with Crippen molar-refractivity contribution in [1.29, 1.82) is 0 Å². The molecule has 35 heavy (non-hydrogen) atoms. The van der Waals surface area contributed by atoms with Gasteiger partial charge in [0.05, 0.1) is 18.1 Å². The highest BCUT2D eigenvalue weighted by atomic mass is 16.6. The molecule has 0 saturated carbocycles. The van der Waals surface area contributed by atoms with E-state index in [1.807, 2.05) is 20.8 Å². The summed E-state index contributed by atoms with van der Waals surface area (Å²) in [6.07, 6.45) is -0.0531. The molecule has 0 unspecified atom stereocenters. The zero-order chi connectivity index (χ0) is 26.1. The predicted octanol–water partition coefficient (Wildman–Crippen LogP) is 4.69. The molecule has 1 aromatic heterocycles. The molecule has 2 heterocycles. The summed E-state index contributed by atoms with van der Waals surface area (Å²) in [6.45, 7) is 13.5. The number of ether oxygens (including phenoxy) is 4. The molecular weight excluding hydrogens is 454 g/mol. The molecule has 1 amide bonds. The van der Waals surface area contributed by atoms with Crippen LogP contribution in [-0.2, 0) is 14.2 Å². The number of amides is 1. The second kappa shape index (κ2) is 9.75. The summed E-state index contributed by atoms with van der Waals surface area (Å²) in [5.41, 5.74) is -0.132. The topological polar surface area (TPSA) is 109 Å². The fraction of sp³-hybridized carbons (Fsp3) is 0.600. The van der Waals surface area contributed by atoms with Crippen molar-refractivity contribution in [3.8, 4) is 5.75 Å². The lowest BCUT2D eigenvalue weighted by Crippen LogP contribution is -2.44. The number of carbonyl (C=O) groups excluding carboxylic acids is 3. The van der Waals surface area contributed by atoms with Crippen LogP contribution in [0.1, 0.15) is 70.6 Å². The number of fused-ring (bicyclic) bond motifs is 1. The highest BCUT2D eigenvalue weighted by Crippen LogP contribution is 2.30. The minimum Gasteiger partial charge on any atom is -0.489 e. The third kappa shape index (κ3) is 6.43. The number of aryl methyl sites for hydroxylation is 1. The van der Waals surface area contributed by atoms with Crippen molar-refractivity contribution >= 4 is 29.2 Å². The van der Waals surface area contributed by atoms with E-state index in [-0.39, 0.29) is 23.5 Å². The van der Waals surface area contributed by atoms with Gasteiger partial charge in [0.15, 0.2) is 0 Å². The summed E-state index contributed by atoms with van der Waals surface area (Å²) in [7, 11) is 1.29. The van der Waals surface area contributed by atoms with Crippen LogP contribution in [0.2, 0.25) is 0 Å². The maximum atomic E-state index is 12.9. The first kappa shape index (κ1) is 26.3. The van der Waals surface area contributed by atoms with Crippen LogP contribution in [0.5, 0.6) is 5.75 Å². The molecular formula is C25H35N3O7. The second-order valence-corrected chi connectivity index (χ2v) is 10.6. The number of benzene rings is 1. The number of esters is 1. The molecule has 0 spiro atoms. The van der Waals surface area contributed by atoms with Gasteiger partial charge in [0.1, 0.15) is 34.4 Å². The number of rotatable bonds is 3. The highest BCUT2D eigenvalue weighted by molar-refractivity contribution is 5.99. The first-order valence-electron chi connectivity index (χ1n) is 11.7. The van der Waals surface area contributed by atoms with E-state index in [0.29, 0.717) is 42.8 Å². The van der Waals surface area contributed by atoms with E-state index in [0.717, 1.165) is 0 Å². The number of hydrogen-bond acceptors (Lipinski definition) is 8. The number of nitrogens with zero attached hydrogens (tertiary/aromatic N) is 3. The van der Waals surface area contributed by atoms with Crippen LogP contribution in [0.25, 0.3) is 11.0 Å². The van der Waals surface area contributed by atoms with Crippen LogP contribution in [0.3, 0.4) is 0 Å². The van der Waals surface area contributed by atoms with Crippen molar-refractivity contribution < 1.29 is 33.3 Å². The fourth-order valence-electron chi connectivity index (χ4n) is 3.79. The molecule has 0 radical (unpaired) electrons. The average molecular weight is 490 g/mol. The summed E-state index contributed by atoms with van der Waals surface area (Å²) in [5.74, 6) is 0.134. The van der Waals surface area contributed by atoms with Crippen molar-refractivity contribution in [3.05, 3.63) is 23.5 Å². The molecule has 0 bridgehead atoms. The van der Waals surface area contributed by atoms with Gasteiger partial charge in [-0.15, -0.1) is 0 Å². The smallest absolute Gasteiger partial charge is 0.420 e. The van der Waals surface area contributed by atoms with E-state index in [1.165, 1.54) is 11.7 Å². The van der Waals surface area contributed by atoms with E-state index >= 15 is 0 Å². The molecule has 1 saturated heterocycles. The van der Waals surface area contributed by atoms with Crippen LogP contribution < -0.4 is 4.74 Å². The van der Waals surface area contributed by atoms with E-state index < -0.39 is 23.3 Å². The number of carbonyl (C=O) groups is 3. The SMILES string of the molecule is COC(=O)c1cc2nc(C)n(C(=O)OC(C)(C)C)c2cc1OC1CCN(C(=O)OC(C)(C)C)CC1. The number of aromatic nitrogens is 2. The number of piperidine rings is 1. The third-order valence-electron chi connectivity index (χ3n) is 5.29. The van der Waals surface area contributed by atoms with Crippen molar-refractivity contribution in [2.75, 3.05) is 20.2 Å². The molecule has 1 fully saturated rings. The van der Waals surface area contributed by atoms with Crippen LogP contribution in [0, 0.1) is 6.92 Å². The molecule has 3 rings (SSSR count). The van der Waals surface area contributed by atoms with Gasteiger partial charge in [0, 0.05) is 32.0 Å². The molecule has 10 heteroatoms. The molecule has 10 nitrogen and oxygen atoms in total. The standard InChI is InChI=1S/C25H35N3O7/c1-15-26-18-13-17(21(29)32-8)20(14-19(18)28(15)23(31)35-25(5,6)7)33-16-9-11-27(12-10-16)22(30)34-24(2,3)4/h13-14,16H,9-12H2,1-8H3. The Kier molecular flexibility index (Phi) is 7.33. The van der Waals surface area contributed by atoms with Crippen LogP contribution in [0.4, 0.5) is 9.59 Å². The average Bonchev–Trinajstić information content (AvgIpc) is 3.05. The molecule has 1 aromatic carbocycles. The predicted molar refractivity (Wildman–Crippen MR) is 129 cm³/mol. The molecule has 0 N–H and O–H groups in total. The Hall–Kier alpha value is -3.30. The molecule has 1 aliphatic heterocycles. The maximum Gasteiger partial charge on any atom is 0.420 e. The Morgan fingerprint density at radius 3 is 2.06 bits per heavy atom. The van der Waals surface area contributed by atoms with Crippen molar-refractivity contribution in [3.63, 3.8) is 0 Å². The van der Waals surface area contributed by atoms with Gasteiger partial charge in [-0.1, -0.05) is 0 Å². The second-order valence-electron chi connectivity index (χ2n) is 10.6. The van der Waals surface area contributed by atoms with E-state index in [4.69, 9.17) is 18.9 Å². The largest absolute Gasteiger partial charge is 0.489 e. The van der Waals surface area contributed by atoms with Crippen LogP contribution in [-0.4, -0.2) is 70.1 Å². The van der Waals surface area contributed by atoms with Crippen molar-refractivity contribution in [1.82, 2.24) is 14.5 Å². The van der Waals surface area contributed by atoms with Gasteiger partial charge in [-0.3, -0.25) is 0 Å². The summed E-state index contributed by atoms with van der Waals surface area (Å²) in [6, 6.07) is 3.17. The Labute approximate surface area is 205 Å². The molecule has 2 aromatic rings. The zero-order valence-corrected chi connectivity index (χ0v) is 21.8. The Morgan fingerprint density at radius 1 is 0.943 bits per heavy atom. The molecule has 0 aliphatic carbocycles. The lowest BCUT2D eigenvalue weighted by Gasteiger charge is -2.33. The minimum atomic E-state index is -0.687. The number of hydrogen-bond donors (Lipinski definition) is 0. The van der Waals surface area contributed by atoms with Gasteiger partial charge in [-0.2, -0.15) is 0 Å². The van der Waals surface area contributed by atoms with Gasteiger partial charge in [0.25, 0.3) is 0 Å². The third-order valence-corrected chi connectivity index (χ3v) is 5.29. The zero-order valence-electron chi connectivity index (χ0n) is 21.8. The molecule has 0 atom stereocenters. The van der Waals surface area contributed by atoms with E-state index in [9.17, 15) is 14.4 Å². The summed E-state index contributed by atoms with van der Waals surface area (Å²) < 4.78 is 23.5. The van der Waals surface area contributed by atoms with Gasteiger partial charge in [-0.25, -0.2) is 23.9 Å². The number of imidazole rings is 1. The molecule has 1 aliphatic rings. The van der Waals surface area contributed by atoms with Gasteiger partial charge in [-0.05, 0) is 54.5 Å². The highest BCUT2D eigenvalue weighted by Gasteiger charge is 2.30. The summed E-state index contributed by atoms with van der Waals surface area (Å²) in [5, 5.41) is 0. The Bertz CT molecular complexity index is 1120. The van der Waals surface area contributed by atoms with Crippen molar-refractivity contribution in [2.24, 2.45) is 0 Å². The van der Waals surface area contributed by atoms with Gasteiger partial charge >= 0.3 is 18.2 Å². The first-order valence-corrected chi connectivity index (χ1v) is 11.7. The van der Waals surface area contributed by atoms with E-state index in [1.54, 1.807) is 44.7 Å². The van der Waals surface area contributed by atoms with E-state index in [2.05, 4.69) is 4.98 Å². The summed E-state index contributed by atoms with van der Waals surface area (Å²) >= 11 is 0. The normalized spacial score (nSPS) is 15.1. The number of likely N-dealkylation sites (tertiary alicyclic amines) is 1. The van der Waals surface area contributed by atoms with Gasteiger partial charge in [0.2, 0.25) is 0 Å². The van der Waals surface area contributed by atoms with Gasteiger partial charge < -0.3 is 23.8 Å². The number of methoxy groups -OCH3 is 1. The quantitative estimate of drug-likeness (QED) is 0.451. The monoisotopic (exact) mass is 489 g/mol.